The topological polar surface area (TPSA) is 21.3 Å². The van der Waals surface area contributed by atoms with Gasteiger partial charge in [0.2, 0.25) is 0 Å². The van der Waals surface area contributed by atoms with E-state index in [4.69, 9.17) is 4.74 Å². The maximum atomic E-state index is 6.45. The highest BCUT2D eigenvalue weighted by Crippen LogP contribution is 2.55. The zero-order chi connectivity index (χ0) is 11.9. The Morgan fingerprint density at radius 1 is 1.18 bits per heavy atom. The number of nitrogens with one attached hydrogen (secondary N) is 1. The summed E-state index contributed by atoms with van der Waals surface area (Å²) in [5, 5.41) is 3.45. The van der Waals surface area contributed by atoms with Crippen LogP contribution in [0.15, 0.2) is 0 Å². The van der Waals surface area contributed by atoms with Crippen molar-refractivity contribution in [2.24, 2.45) is 5.41 Å². The zero-order valence-corrected chi connectivity index (χ0v) is 11.4. The molecule has 1 saturated heterocycles. The van der Waals surface area contributed by atoms with Crippen LogP contribution < -0.4 is 5.32 Å². The van der Waals surface area contributed by atoms with Gasteiger partial charge >= 0.3 is 0 Å². The van der Waals surface area contributed by atoms with Crippen LogP contribution in [-0.2, 0) is 4.74 Å². The number of hydrogen-bond donors (Lipinski definition) is 1. The average Bonchev–Trinajstić information content (AvgIpc) is 2.81. The Morgan fingerprint density at radius 2 is 1.88 bits per heavy atom. The zero-order valence-electron chi connectivity index (χ0n) is 11.4. The second-order valence-corrected chi connectivity index (χ2v) is 6.75. The van der Waals surface area contributed by atoms with Crippen LogP contribution in [0.4, 0.5) is 0 Å². The van der Waals surface area contributed by atoms with Crippen molar-refractivity contribution in [1.29, 1.82) is 0 Å². The minimum atomic E-state index is 0.323. The molecule has 1 aliphatic heterocycles. The Bertz CT molecular complexity index is 279. The standard InChI is InChI=1S/C15H27NO/c1-12(16-2)14(9-10-14)11-13-5-8-15(17-13)6-3-4-7-15/h12-13,16H,3-11H2,1-2H3. The lowest BCUT2D eigenvalue weighted by molar-refractivity contribution is -0.0474. The van der Waals surface area contributed by atoms with Gasteiger partial charge < -0.3 is 10.1 Å². The molecule has 0 aromatic rings. The molecule has 1 spiro atoms. The summed E-state index contributed by atoms with van der Waals surface area (Å²) >= 11 is 0. The summed E-state index contributed by atoms with van der Waals surface area (Å²) in [5.74, 6) is 0. The fourth-order valence-corrected chi connectivity index (χ4v) is 4.16. The van der Waals surface area contributed by atoms with Crippen molar-refractivity contribution in [2.75, 3.05) is 7.05 Å². The molecular formula is C15H27NO. The summed E-state index contributed by atoms with van der Waals surface area (Å²) in [7, 11) is 2.10. The molecule has 0 bridgehead atoms. The molecule has 1 N–H and O–H groups in total. The quantitative estimate of drug-likeness (QED) is 0.810. The third-order valence-corrected chi connectivity index (χ3v) is 5.73. The van der Waals surface area contributed by atoms with Crippen LogP contribution >= 0.6 is 0 Å². The fraction of sp³-hybridized carbons (Fsp3) is 1.00. The Balaban J connectivity index is 1.57. The fourth-order valence-electron chi connectivity index (χ4n) is 4.16. The van der Waals surface area contributed by atoms with Crippen molar-refractivity contribution in [3.8, 4) is 0 Å². The first-order valence-electron chi connectivity index (χ1n) is 7.53. The van der Waals surface area contributed by atoms with E-state index in [-0.39, 0.29) is 0 Å². The first kappa shape index (κ1) is 12.0. The number of ether oxygens (including phenoxy) is 1. The van der Waals surface area contributed by atoms with E-state index in [0.717, 1.165) is 0 Å². The van der Waals surface area contributed by atoms with Gasteiger partial charge in [-0.25, -0.2) is 0 Å². The van der Waals surface area contributed by atoms with Crippen LogP contribution in [0.25, 0.3) is 0 Å². The van der Waals surface area contributed by atoms with Crippen LogP contribution in [0, 0.1) is 5.41 Å². The molecule has 0 amide bonds. The van der Waals surface area contributed by atoms with E-state index in [2.05, 4.69) is 19.3 Å². The highest BCUT2D eigenvalue weighted by atomic mass is 16.5. The van der Waals surface area contributed by atoms with E-state index in [1.807, 2.05) is 0 Å². The van der Waals surface area contributed by atoms with Crippen LogP contribution in [0.5, 0.6) is 0 Å². The first-order valence-corrected chi connectivity index (χ1v) is 7.53. The summed E-state index contributed by atoms with van der Waals surface area (Å²) in [6.07, 6.45) is 12.8. The van der Waals surface area contributed by atoms with Crippen molar-refractivity contribution in [3.63, 3.8) is 0 Å². The predicted octanol–water partition coefficient (Wildman–Crippen LogP) is 3.26. The third kappa shape index (κ3) is 2.15. The second-order valence-electron chi connectivity index (χ2n) is 6.75. The molecule has 0 aromatic carbocycles. The van der Waals surface area contributed by atoms with Gasteiger partial charge in [-0.3, -0.25) is 0 Å². The highest BCUT2D eigenvalue weighted by Gasteiger charge is 2.51. The molecule has 2 nitrogen and oxygen atoms in total. The summed E-state index contributed by atoms with van der Waals surface area (Å²) < 4.78 is 6.45. The van der Waals surface area contributed by atoms with Gasteiger partial charge in [-0.05, 0) is 64.3 Å². The monoisotopic (exact) mass is 237 g/mol. The predicted molar refractivity (Wildman–Crippen MR) is 70.1 cm³/mol. The molecule has 2 unspecified atom stereocenters. The summed E-state index contributed by atoms with van der Waals surface area (Å²) in [5.41, 5.74) is 0.896. The van der Waals surface area contributed by atoms with Crippen molar-refractivity contribution in [3.05, 3.63) is 0 Å². The molecule has 2 aliphatic carbocycles. The lowest BCUT2D eigenvalue weighted by atomic mass is 9.89. The average molecular weight is 237 g/mol. The molecule has 98 valence electrons. The maximum absolute atomic E-state index is 6.45. The molecule has 3 aliphatic rings. The lowest BCUT2D eigenvalue weighted by Crippen LogP contribution is -2.35. The Kier molecular flexibility index (Phi) is 2.99. The minimum absolute atomic E-state index is 0.323. The van der Waals surface area contributed by atoms with Gasteiger partial charge in [0.15, 0.2) is 0 Å². The Hall–Kier alpha value is -0.0800. The molecule has 2 saturated carbocycles. The SMILES string of the molecule is CNC(C)C1(CC2CCC3(CCCC3)O2)CC1. The largest absolute Gasteiger partial charge is 0.372 e. The van der Waals surface area contributed by atoms with Gasteiger partial charge in [0, 0.05) is 6.04 Å². The van der Waals surface area contributed by atoms with Crippen molar-refractivity contribution in [2.45, 2.75) is 82.5 Å². The van der Waals surface area contributed by atoms with Crippen LogP contribution in [0.1, 0.15) is 64.7 Å². The van der Waals surface area contributed by atoms with E-state index >= 15 is 0 Å². The van der Waals surface area contributed by atoms with Crippen molar-refractivity contribution in [1.82, 2.24) is 5.32 Å². The van der Waals surface area contributed by atoms with Crippen molar-refractivity contribution >= 4 is 0 Å². The van der Waals surface area contributed by atoms with Gasteiger partial charge in [-0.15, -0.1) is 0 Å². The van der Waals surface area contributed by atoms with Gasteiger partial charge in [0.05, 0.1) is 11.7 Å². The summed E-state index contributed by atoms with van der Waals surface area (Å²) in [4.78, 5) is 0. The van der Waals surface area contributed by atoms with E-state index < -0.39 is 0 Å². The van der Waals surface area contributed by atoms with E-state index in [1.54, 1.807) is 0 Å². The molecule has 0 radical (unpaired) electrons. The first-order chi connectivity index (χ1) is 8.18. The van der Waals surface area contributed by atoms with Gasteiger partial charge in [-0.1, -0.05) is 12.8 Å². The van der Waals surface area contributed by atoms with E-state index in [0.29, 0.717) is 23.2 Å². The van der Waals surface area contributed by atoms with Crippen LogP contribution in [0.3, 0.4) is 0 Å². The second kappa shape index (κ2) is 4.24. The molecule has 1 heterocycles. The van der Waals surface area contributed by atoms with E-state index in [1.165, 1.54) is 57.8 Å². The number of rotatable bonds is 4. The molecular weight excluding hydrogens is 210 g/mol. The highest BCUT2D eigenvalue weighted by molar-refractivity contribution is 5.03. The molecule has 17 heavy (non-hydrogen) atoms. The van der Waals surface area contributed by atoms with Crippen LogP contribution in [0.2, 0.25) is 0 Å². The van der Waals surface area contributed by atoms with Gasteiger partial charge in [-0.2, -0.15) is 0 Å². The normalized spacial score (nSPS) is 35.3. The Morgan fingerprint density at radius 3 is 2.47 bits per heavy atom. The molecule has 2 atom stereocenters. The number of hydrogen-bond acceptors (Lipinski definition) is 2. The Labute approximate surface area is 105 Å². The third-order valence-electron chi connectivity index (χ3n) is 5.73. The smallest absolute Gasteiger partial charge is 0.0687 e. The maximum Gasteiger partial charge on any atom is 0.0687 e. The molecule has 0 aromatic heterocycles. The summed E-state index contributed by atoms with van der Waals surface area (Å²) in [6.45, 7) is 2.34. The molecule has 2 heteroatoms. The van der Waals surface area contributed by atoms with Gasteiger partial charge in [0.25, 0.3) is 0 Å². The molecule has 3 rings (SSSR count). The lowest BCUT2D eigenvalue weighted by Gasteiger charge is -2.28. The molecule has 3 fully saturated rings. The van der Waals surface area contributed by atoms with Crippen LogP contribution in [-0.4, -0.2) is 24.8 Å². The van der Waals surface area contributed by atoms with E-state index in [9.17, 15) is 0 Å². The summed E-state index contributed by atoms with van der Waals surface area (Å²) in [6, 6.07) is 0.659. The van der Waals surface area contributed by atoms with Gasteiger partial charge in [0.1, 0.15) is 0 Å². The minimum Gasteiger partial charge on any atom is -0.372 e. The van der Waals surface area contributed by atoms with Crippen molar-refractivity contribution < 1.29 is 4.74 Å².